The fourth-order valence-corrected chi connectivity index (χ4v) is 6.33. The summed E-state index contributed by atoms with van der Waals surface area (Å²) < 4.78 is 5.84. The topological polar surface area (TPSA) is 60.0 Å². The molecule has 0 radical (unpaired) electrons. The maximum absolute atomic E-state index is 6.56. The lowest BCUT2D eigenvalue weighted by molar-refractivity contribution is 0.0981. The van der Waals surface area contributed by atoms with E-state index in [4.69, 9.17) is 21.3 Å². The zero-order valence-corrected chi connectivity index (χ0v) is 23.7. The van der Waals surface area contributed by atoms with Crippen molar-refractivity contribution in [3.8, 4) is 5.75 Å². The minimum atomic E-state index is 0.524. The molecule has 1 N–H and O–H groups in total. The number of piperazine rings is 1. The van der Waals surface area contributed by atoms with Crippen molar-refractivity contribution in [1.82, 2.24) is 19.8 Å². The van der Waals surface area contributed by atoms with Crippen molar-refractivity contribution in [3.63, 3.8) is 0 Å². The molecule has 9 heteroatoms. The lowest BCUT2D eigenvalue weighted by Crippen LogP contribution is -2.52. The molecule has 3 aliphatic heterocycles. The summed E-state index contributed by atoms with van der Waals surface area (Å²) in [5.41, 5.74) is 4.75. The van der Waals surface area contributed by atoms with Crippen LogP contribution in [0.5, 0.6) is 5.75 Å². The molecule has 2 fully saturated rings. The van der Waals surface area contributed by atoms with Gasteiger partial charge < -0.3 is 24.8 Å². The van der Waals surface area contributed by atoms with E-state index in [-0.39, 0.29) is 0 Å². The second-order valence-corrected chi connectivity index (χ2v) is 11.3. The fraction of sp³-hybridized carbons (Fsp3) is 0.467. The van der Waals surface area contributed by atoms with E-state index in [9.17, 15) is 0 Å². The Morgan fingerprint density at radius 3 is 2.46 bits per heavy atom. The van der Waals surface area contributed by atoms with Crippen LogP contribution in [0.1, 0.15) is 24.0 Å². The number of rotatable bonds is 6. The maximum atomic E-state index is 6.56. The SMILES string of the molecule is COc1cc(Nc2ncc(Cl)c(N3CCc4ccccc4C3)n2)ccc1N1CCC(N2CCN(C)CC2)CC1. The number of methoxy groups -OCH3 is 1. The van der Waals surface area contributed by atoms with Gasteiger partial charge in [-0.25, -0.2) is 4.98 Å². The second kappa shape index (κ2) is 11.6. The molecule has 3 aliphatic rings. The van der Waals surface area contributed by atoms with Crippen LogP contribution in [0.3, 0.4) is 0 Å². The van der Waals surface area contributed by atoms with Crippen molar-refractivity contribution in [2.45, 2.75) is 31.8 Å². The standard InChI is InChI=1S/C30H38ClN7O/c1-35-15-17-36(18-16-35)25-10-13-37(14-11-25)27-8-7-24(19-28(27)39-2)33-30-32-20-26(31)29(34-30)38-12-9-22-5-3-4-6-23(22)21-38/h3-8,19-20,25H,9-18,21H2,1-2H3,(H,32,33,34). The Bertz CT molecular complexity index is 1290. The number of nitrogens with one attached hydrogen (secondary N) is 1. The summed E-state index contributed by atoms with van der Waals surface area (Å²) in [7, 11) is 3.96. The molecule has 8 nitrogen and oxygen atoms in total. The highest BCUT2D eigenvalue weighted by Gasteiger charge is 2.28. The van der Waals surface area contributed by atoms with E-state index in [1.807, 2.05) is 6.07 Å². The third kappa shape index (κ3) is 5.78. The smallest absolute Gasteiger partial charge is 0.229 e. The molecule has 0 amide bonds. The molecular formula is C30H38ClN7O. The molecular weight excluding hydrogens is 510 g/mol. The van der Waals surface area contributed by atoms with Gasteiger partial charge in [-0.15, -0.1) is 0 Å². The number of hydrogen-bond donors (Lipinski definition) is 1. The van der Waals surface area contributed by atoms with Crippen molar-refractivity contribution >= 4 is 34.7 Å². The van der Waals surface area contributed by atoms with Gasteiger partial charge in [0.1, 0.15) is 10.8 Å². The summed E-state index contributed by atoms with van der Waals surface area (Å²) in [6.07, 6.45) is 5.04. The van der Waals surface area contributed by atoms with Crippen LogP contribution in [0.2, 0.25) is 5.02 Å². The number of aromatic nitrogens is 2. The van der Waals surface area contributed by atoms with Gasteiger partial charge in [-0.05, 0) is 49.6 Å². The molecule has 0 spiro atoms. The Kier molecular flexibility index (Phi) is 7.77. The van der Waals surface area contributed by atoms with Crippen LogP contribution < -0.4 is 19.9 Å². The number of anilines is 4. The van der Waals surface area contributed by atoms with Crippen molar-refractivity contribution < 1.29 is 4.74 Å². The van der Waals surface area contributed by atoms with Crippen LogP contribution in [-0.4, -0.2) is 85.8 Å². The van der Waals surface area contributed by atoms with Gasteiger partial charge >= 0.3 is 0 Å². The molecule has 0 atom stereocenters. The number of hydrogen-bond acceptors (Lipinski definition) is 8. The zero-order valence-electron chi connectivity index (χ0n) is 22.9. The lowest BCUT2D eigenvalue weighted by atomic mass is 10.00. The van der Waals surface area contributed by atoms with Gasteiger partial charge in [0.05, 0.1) is 19.0 Å². The van der Waals surface area contributed by atoms with Crippen LogP contribution in [0, 0.1) is 0 Å². The quantitative estimate of drug-likeness (QED) is 0.478. The number of halogens is 1. The molecule has 4 heterocycles. The summed E-state index contributed by atoms with van der Waals surface area (Å²) in [4.78, 5) is 19.1. The average Bonchev–Trinajstić information content (AvgIpc) is 2.98. The van der Waals surface area contributed by atoms with E-state index in [1.165, 1.54) is 50.1 Å². The first-order valence-corrected chi connectivity index (χ1v) is 14.4. The third-order valence-corrected chi connectivity index (χ3v) is 8.72. The van der Waals surface area contributed by atoms with Crippen LogP contribution in [0.15, 0.2) is 48.7 Å². The first kappa shape index (κ1) is 26.2. The van der Waals surface area contributed by atoms with E-state index in [0.29, 0.717) is 17.0 Å². The van der Waals surface area contributed by atoms with E-state index in [0.717, 1.165) is 55.5 Å². The highest BCUT2D eigenvalue weighted by atomic mass is 35.5. The number of piperidine rings is 1. The van der Waals surface area contributed by atoms with Crippen molar-refractivity contribution in [2.75, 3.05) is 75.1 Å². The van der Waals surface area contributed by atoms with Crippen molar-refractivity contribution in [3.05, 3.63) is 64.8 Å². The normalized spacial score (nSPS) is 19.2. The molecule has 6 rings (SSSR count). The summed E-state index contributed by atoms with van der Waals surface area (Å²) >= 11 is 6.56. The molecule has 1 aromatic heterocycles. The van der Waals surface area contributed by atoms with E-state index in [2.05, 4.69) is 73.3 Å². The van der Waals surface area contributed by atoms with Gasteiger partial charge in [0, 0.05) is 70.2 Å². The van der Waals surface area contributed by atoms with E-state index >= 15 is 0 Å². The molecule has 206 valence electrons. The summed E-state index contributed by atoms with van der Waals surface area (Å²) in [5, 5.41) is 3.93. The molecule has 0 unspecified atom stereocenters. The maximum Gasteiger partial charge on any atom is 0.229 e. The Hall–Kier alpha value is -3.07. The predicted octanol–water partition coefficient (Wildman–Crippen LogP) is 4.66. The molecule has 2 saturated heterocycles. The zero-order chi connectivity index (χ0) is 26.8. The minimum Gasteiger partial charge on any atom is -0.495 e. The largest absolute Gasteiger partial charge is 0.495 e. The molecule has 0 saturated carbocycles. The average molecular weight is 548 g/mol. The van der Waals surface area contributed by atoms with Gasteiger partial charge in [0.2, 0.25) is 5.95 Å². The first-order valence-electron chi connectivity index (χ1n) is 14.0. The number of likely N-dealkylation sites (N-methyl/N-ethyl adjacent to an activating group) is 1. The van der Waals surface area contributed by atoms with Crippen LogP contribution in [0.25, 0.3) is 0 Å². The monoisotopic (exact) mass is 547 g/mol. The second-order valence-electron chi connectivity index (χ2n) is 10.9. The number of ether oxygens (including phenoxy) is 1. The molecule has 0 bridgehead atoms. The Balaban J connectivity index is 1.12. The molecule has 3 aromatic rings. The van der Waals surface area contributed by atoms with Crippen molar-refractivity contribution in [1.29, 1.82) is 0 Å². The van der Waals surface area contributed by atoms with Crippen molar-refractivity contribution in [2.24, 2.45) is 0 Å². The summed E-state index contributed by atoms with van der Waals surface area (Å²) in [5.74, 6) is 2.14. The molecule has 0 aliphatic carbocycles. The van der Waals surface area contributed by atoms with E-state index in [1.54, 1.807) is 13.3 Å². The number of fused-ring (bicyclic) bond motifs is 1. The third-order valence-electron chi connectivity index (χ3n) is 8.45. The minimum absolute atomic E-state index is 0.524. The lowest BCUT2D eigenvalue weighted by Gasteiger charge is -2.42. The van der Waals surface area contributed by atoms with Crippen LogP contribution in [-0.2, 0) is 13.0 Å². The molecule has 39 heavy (non-hydrogen) atoms. The number of benzene rings is 2. The Labute approximate surface area is 236 Å². The van der Waals surface area contributed by atoms with Gasteiger partial charge in [-0.1, -0.05) is 35.9 Å². The first-order chi connectivity index (χ1) is 19.1. The van der Waals surface area contributed by atoms with Gasteiger partial charge in [0.25, 0.3) is 0 Å². The highest BCUT2D eigenvalue weighted by Crippen LogP contribution is 2.35. The fourth-order valence-electron chi connectivity index (χ4n) is 6.12. The van der Waals surface area contributed by atoms with Crippen LogP contribution in [0.4, 0.5) is 23.1 Å². The summed E-state index contributed by atoms with van der Waals surface area (Å²) in [6.45, 7) is 8.47. The number of nitrogens with zero attached hydrogens (tertiary/aromatic N) is 6. The van der Waals surface area contributed by atoms with Gasteiger partial charge in [0.15, 0.2) is 5.82 Å². The predicted molar refractivity (Wildman–Crippen MR) is 159 cm³/mol. The highest BCUT2D eigenvalue weighted by molar-refractivity contribution is 6.32. The van der Waals surface area contributed by atoms with Crippen LogP contribution >= 0.6 is 11.6 Å². The van der Waals surface area contributed by atoms with Gasteiger partial charge in [-0.3, -0.25) is 4.90 Å². The Morgan fingerprint density at radius 1 is 0.923 bits per heavy atom. The Morgan fingerprint density at radius 2 is 1.69 bits per heavy atom. The van der Waals surface area contributed by atoms with Gasteiger partial charge in [-0.2, -0.15) is 4.98 Å². The van der Waals surface area contributed by atoms with E-state index < -0.39 is 0 Å². The molecule has 2 aromatic carbocycles. The summed E-state index contributed by atoms with van der Waals surface area (Å²) in [6, 6.07) is 15.5.